The van der Waals surface area contributed by atoms with Crippen LogP contribution in [0, 0.1) is 0 Å². The van der Waals surface area contributed by atoms with E-state index in [1.54, 1.807) is 0 Å². The summed E-state index contributed by atoms with van der Waals surface area (Å²) in [6.07, 6.45) is 2.39. The van der Waals surface area contributed by atoms with Crippen LogP contribution in [0.15, 0.2) is 54.6 Å². The van der Waals surface area contributed by atoms with E-state index in [0.29, 0.717) is 13.2 Å². The normalized spacial score (nSPS) is 11.0. The summed E-state index contributed by atoms with van der Waals surface area (Å²) in [5, 5.41) is 2.77. The molecule has 0 aliphatic heterocycles. The fraction of sp³-hybridized carbons (Fsp3) is 0.409. The zero-order valence-corrected chi connectivity index (χ0v) is 16.0. The van der Waals surface area contributed by atoms with E-state index in [1.807, 2.05) is 51.1 Å². The highest BCUT2D eigenvalue weighted by Gasteiger charge is 2.15. The predicted octanol–water partition coefficient (Wildman–Crippen LogP) is 4.77. The second kappa shape index (κ2) is 9.85. The minimum Gasteiger partial charge on any atom is -0.494 e. The second-order valence-electron chi connectivity index (χ2n) is 7.26. The molecule has 26 heavy (non-hydrogen) atoms. The molecule has 0 unspecified atom stereocenters. The molecule has 0 saturated heterocycles. The largest absolute Gasteiger partial charge is 0.494 e. The van der Waals surface area contributed by atoms with Crippen molar-refractivity contribution in [1.29, 1.82) is 0 Å². The second-order valence-corrected chi connectivity index (χ2v) is 7.26. The summed E-state index contributed by atoms with van der Waals surface area (Å²) in [6, 6.07) is 18.5. The maximum absolute atomic E-state index is 11.6. The minimum absolute atomic E-state index is 0.379. The highest BCUT2D eigenvalue weighted by Crippen LogP contribution is 2.13. The molecule has 0 fully saturated rings. The Morgan fingerprint density at radius 2 is 1.58 bits per heavy atom. The third-order valence-electron chi connectivity index (χ3n) is 3.73. The van der Waals surface area contributed by atoms with Crippen LogP contribution in [0.25, 0.3) is 0 Å². The van der Waals surface area contributed by atoms with Crippen LogP contribution < -0.4 is 10.1 Å². The summed E-state index contributed by atoms with van der Waals surface area (Å²) in [6.45, 7) is 6.81. The highest BCUT2D eigenvalue weighted by atomic mass is 16.6. The van der Waals surface area contributed by atoms with Gasteiger partial charge >= 0.3 is 6.09 Å². The summed E-state index contributed by atoms with van der Waals surface area (Å²) in [5.41, 5.74) is 2.02. The molecule has 2 aromatic rings. The SMILES string of the molecule is CC(C)(C)OC(=O)NCCc1ccc(OCCCc2ccccc2)cc1. The van der Waals surface area contributed by atoms with Crippen molar-refractivity contribution in [2.75, 3.05) is 13.2 Å². The van der Waals surface area contributed by atoms with E-state index in [2.05, 4.69) is 29.6 Å². The molecule has 2 rings (SSSR count). The highest BCUT2D eigenvalue weighted by molar-refractivity contribution is 5.67. The molecule has 0 saturated carbocycles. The Hall–Kier alpha value is -2.49. The van der Waals surface area contributed by atoms with Crippen LogP contribution in [-0.2, 0) is 17.6 Å². The van der Waals surface area contributed by atoms with E-state index in [9.17, 15) is 4.79 Å². The monoisotopic (exact) mass is 355 g/mol. The van der Waals surface area contributed by atoms with Crippen LogP contribution in [0.4, 0.5) is 4.79 Å². The van der Waals surface area contributed by atoms with Gasteiger partial charge in [-0.3, -0.25) is 0 Å². The van der Waals surface area contributed by atoms with Crippen molar-refractivity contribution in [2.24, 2.45) is 0 Å². The van der Waals surface area contributed by atoms with Gasteiger partial charge in [0.15, 0.2) is 0 Å². The summed E-state index contributed by atoms with van der Waals surface area (Å²) in [7, 11) is 0. The molecule has 0 aliphatic carbocycles. The number of nitrogens with one attached hydrogen (secondary N) is 1. The first-order valence-corrected chi connectivity index (χ1v) is 9.15. The molecule has 0 radical (unpaired) electrons. The third kappa shape index (κ3) is 8.06. The molecule has 2 aromatic carbocycles. The Labute approximate surface area is 156 Å². The van der Waals surface area contributed by atoms with Crippen molar-refractivity contribution in [1.82, 2.24) is 5.32 Å². The van der Waals surface area contributed by atoms with Gasteiger partial charge < -0.3 is 14.8 Å². The van der Waals surface area contributed by atoms with Gasteiger partial charge in [-0.1, -0.05) is 42.5 Å². The quantitative estimate of drug-likeness (QED) is 0.694. The zero-order chi connectivity index (χ0) is 18.8. The van der Waals surface area contributed by atoms with Crippen molar-refractivity contribution < 1.29 is 14.3 Å². The van der Waals surface area contributed by atoms with Gasteiger partial charge in [0, 0.05) is 6.54 Å². The Bertz CT molecular complexity index is 660. The van der Waals surface area contributed by atoms with Gasteiger partial charge in [-0.25, -0.2) is 4.79 Å². The molecule has 0 bridgehead atoms. The first-order chi connectivity index (χ1) is 12.4. The fourth-order valence-corrected chi connectivity index (χ4v) is 2.49. The molecule has 0 aromatic heterocycles. The fourth-order valence-electron chi connectivity index (χ4n) is 2.49. The van der Waals surface area contributed by atoms with Gasteiger partial charge in [-0.2, -0.15) is 0 Å². The molecular weight excluding hydrogens is 326 g/mol. The van der Waals surface area contributed by atoms with E-state index in [0.717, 1.165) is 30.6 Å². The van der Waals surface area contributed by atoms with Crippen LogP contribution in [-0.4, -0.2) is 24.8 Å². The number of hydrogen-bond acceptors (Lipinski definition) is 3. The molecule has 0 aliphatic rings. The van der Waals surface area contributed by atoms with E-state index in [-0.39, 0.29) is 6.09 Å². The Kier molecular flexibility index (Phi) is 7.52. The first kappa shape index (κ1) is 19.8. The molecule has 4 nitrogen and oxygen atoms in total. The zero-order valence-electron chi connectivity index (χ0n) is 16.0. The average molecular weight is 355 g/mol. The topological polar surface area (TPSA) is 47.6 Å². The number of benzene rings is 2. The van der Waals surface area contributed by atoms with Crippen molar-refractivity contribution in [3.63, 3.8) is 0 Å². The van der Waals surface area contributed by atoms with E-state index in [1.165, 1.54) is 5.56 Å². The smallest absolute Gasteiger partial charge is 0.407 e. The van der Waals surface area contributed by atoms with Crippen LogP contribution in [0.3, 0.4) is 0 Å². The van der Waals surface area contributed by atoms with Crippen molar-refractivity contribution in [2.45, 2.75) is 45.6 Å². The molecule has 0 heterocycles. The number of aryl methyl sites for hydroxylation is 1. The van der Waals surface area contributed by atoms with Crippen molar-refractivity contribution in [3.8, 4) is 5.75 Å². The van der Waals surface area contributed by atoms with Crippen molar-refractivity contribution in [3.05, 3.63) is 65.7 Å². The number of carbonyl (C=O) groups excluding carboxylic acids is 1. The van der Waals surface area contributed by atoms with Gasteiger partial charge in [-0.15, -0.1) is 0 Å². The molecule has 0 spiro atoms. The van der Waals surface area contributed by atoms with Crippen LogP contribution >= 0.6 is 0 Å². The molecule has 140 valence electrons. The number of carbonyl (C=O) groups is 1. The number of rotatable bonds is 8. The molecular formula is C22H29NO3. The van der Waals surface area contributed by atoms with Gasteiger partial charge in [-0.05, 0) is 63.3 Å². The lowest BCUT2D eigenvalue weighted by Crippen LogP contribution is -2.33. The summed E-state index contributed by atoms with van der Waals surface area (Å²) < 4.78 is 11.0. The van der Waals surface area contributed by atoms with E-state index < -0.39 is 5.60 Å². The lowest BCUT2D eigenvalue weighted by atomic mass is 10.1. The average Bonchev–Trinajstić information content (AvgIpc) is 2.59. The Morgan fingerprint density at radius 1 is 0.923 bits per heavy atom. The molecule has 4 heteroatoms. The number of alkyl carbamates (subject to hydrolysis) is 1. The molecule has 1 N–H and O–H groups in total. The van der Waals surface area contributed by atoms with Crippen molar-refractivity contribution >= 4 is 6.09 Å². The number of hydrogen-bond donors (Lipinski definition) is 1. The van der Waals surface area contributed by atoms with Crippen LogP contribution in [0.1, 0.15) is 38.3 Å². The van der Waals surface area contributed by atoms with Gasteiger partial charge in [0.05, 0.1) is 6.61 Å². The van der Waals surface area contributed by atoms with E-state index >= 15 is 0 Å². The van der Waals surface area contributed by atoms with Gasteiger partial charge in [0.2, 0.25) is 0 Å². The van der Waals surface area contributed by atoms with Gasteiger partial charge in [0.1, 0.15) is 11.4 Å². The standard InChI is InChI=1S/C22H29NO3/c1-22(2,3)26-21(24)23-16-15-19-11-13-20(14-12-19)25-17-7-10-18-8-5-4-6-9-18/h4-6,8-9,11-14H,7,10,15-17H2,1-3H3,(H,23,24). The summed E-state index contributed by atoms with van der Waals surface area (Å²) in [5.74, 6) is 0.877. The maximum atomic E-state index is 11.6. The Morgan fingerprint density at radius 3 is 2.23 bits per heavy atom. The predicted molar refractivity (Wildman–Crippen MR) is 105 cm³/mol. The van der Waals surface area contributed by atoms with E-state index in [4.69, 9.17) is 9.47 Å². The maximum Gasteiger partial charge on any atom is 0.407 e. The first-order valence-electron chi connectivity index (χ1n) is 9.15. The molecule has 1 amide bonds. The van der Waals surface area contributed by atoms with Gasteiger partial charge in [0.25, 0.3) is 0 Å². The summed E-state index contributed by atoms with van der Waals surface area (Å²) in [4.78, 5) is 11.6. The molecule has 0 atom stereocenters. The lowest BCUT2D eigenvalue weighted by Gasteiger charge is -2.19. The van der Waals surface area contributed by atoms with Crippen LogP contribution in [0.2, 0.25) is 0 Å². The third-order valence-corrected chi connectivity index (χ3v) is 3.73. The summed E-state index contributed by atoms with van der Waals surface area (Å²) >= 11 is 0. The number of amides is 1. The number of ether oxygens (including phenoxy) is 2. The Balaban J connectivity index is 1.64. The van der Waals surface area contributed by atoms with Crippen LogP contribution in [0.5, 0.6) is 5.75 Å². The minimum atomic E-state index is -0.469. The lowest BCUT2D eigenvalue weighted by molar-refractivity contribution is 0.0528.